The second kappa shape index (κ2) is 19.3. The van der Waals surface area contributed by atoms with Gasteiger partial charge >= 0.3 is 12.2 Å². The summed E-state index contributed by atoms with van der Waals surface area (Å²) in [6.45, 7) is 18.1. The Kier molecular flexibility index (Phi) is 15.6. The van der Waals surface area contributed by atoms with Gasteiger partial charge in [0.15, 0.2) is 0 Å². The first kappa shape index (κ1) is 40.3. The van der Waals surface area contributed by atoms with E-state index in [0.29, 0.717) is 63.9 Å². The molecular formula is C38H61N7O5. The van der Waals surface area contributed by atoms with E-state index >= 15 is 0 Å². The van der Waals surface area contributed by atoms with Crippen molar-refractivity contribution in [3.8, 4) is 0 Å². The van der Waals surface area contributed by atoms with Crippen LogP contribution in [0.1, 0.15) is 117 Å². The summed E-state index contributed by atoms with van der Waals surface area (Å²) in [5, 5.41) is 9.44. The van der Waals surface area contributed by atoms with Crippen molar-refractivity contribution in [1.29, 1.82) is 0 Å². The van der Waals surface area contributed by atoms with Crippen molar-refractivity contribution in [3.05, 3.63) is 47.2 Å². The molecule has 1 saturated carbocycles. The molecule has 12 nitrogen and oxygen atoms in total. The van der Waals surface area contributed by atoms with E-state index in [4.69, 9.17) is 9.47 Å². The van der Waals surface area contributed by atoms with Gasteiger partial charge in [-0.25, -0.2) is 14.6 Å². The van der Waals surface area contributed by atoms with Gasteiger partial charge < -0.3 is 35.2 Å². The first-order valence-electron chi connectivity index (χ1n) is 18.3. The number of nitrogens with one attached hydrogen (secondary N) is 3. The number of rotatable bonds is 16. The number of hydrogen-bond acceptors (Lipinski definition) is 9. The Morgan fingerprint density at radius 1 is 0.840 bits per heavy atom. The van der Waals surface area contributed by atoms with E-state index in [1.165, 1.54) is 6.42 Å². The van der Waals surface area contributed by atoms with Crippen LogP contribution in [0, 0.1) is 6.92 Å². The molecule has 0 atom stereocenters. The minimum absolute atomic E-state index is 0.0515. The Morgan fingerprint density at radius 2 is 1.48 bits per heavy atom. The molecule has 3 amide bonds. The average Bonchev–Trinajstić information content (AvgIpc) is 3.03. The predicted octanol–water partition coefficient (Wildman–Crippen LogP) is 7.42. The fourth-order valence-electron chi connectivity index (χ4n) is 5.74. The van der Waals surface area contributed by atoms with E-state index < -0.39 is 11.2 Å². The van der Waals surface area contributed by atoms with Crippen LogP contribution in [0.4, 0.5) is 21.4 Å². The minimum Gasteiger partial charge on any atom is -0.444 e. The van der Waals surface area contributed by atoms with Gasteiger partial charge in [0.05, 0.1) is 0 Å². The zero-order chi connectivity index (χ0) is 36.7. The van der Waals surface area contributed by atoms with Gasteiger partial charge in [0.2, 0.25) is 11.9 Å². The van der Waals surface area contributed by atoms with E-state index in [1.807, 2.05) is 90.6 Å². The van der Waals surface area contributed by atoms with Crippen molar-refractivity contribution >= 4 is 29.9 Å². The Balaban J connectivity index is 1.60. The second-order valence-corrected chi connectivity index (χ2v) is 15.1. The summed E-state index contributed by atoms with van der Waals surface area (Å²) in [5.74, 6) is 1.25. The molecule has 1 aliphatic rings. The smallest absolute Gasteiger partial charge is 0.410 e. The largest absolute Gasteiger partial charge is 0.444 e. The molecule has 0 radical (unpaired) electrons. The molecule has 3 N–H and O–H groups in total. The molecule has 0 bridgehead atoms. The summed E-state index contributed by atoms with van der Waals surface area (Å²) in [6.07, 6.45) is 6.66. The van der Waals surface area contributed by atoms with Crippen molar-refractivity contribution in [2.24, 2.45) is 0 Å². The van der Waals surface area contributed by atoms with Gasteiger partial charge in [-0.3, -0.25) is 4.79 Å². The van der Waals surface area contributed by atoms with Crippen molar-refractivity contribution in [3.63, 3.8) is 0 Å². The lowest BCUT2D eigenvalue weighted by Crippen LogP contribution is -2.45. The van der Waals surface area contributed by atoms with E-state index in [0.717, 1.165) is 48.9 Å². The normalized spacial score (nSPS) is 13.7. The molecule has 1 aromatic heterocycles. The second-order valence-electron chi connectivity index (χ2n) is 15.1. The maximum atomic E-state index is 13.3. The average molecular weight is 696 g/mol. The van der Waals surface area contributed by atoms with E-state index in [1.54, 1.807) is 4.90 Å². The lowest BCUT2D eigenvalue weighted by Gasteiger charge is -2.36. The first-order chi connectivity index (χ1) is 23.6. The molecule has 3 rings (SSSR count). The molecule has 0 saturated heterocycles. The topological polar surface area (TPSA) is 138 Å². The molecule has 2 aromatic rings. The van der Waals surface area contributed by atoms with Gasteiger partial charge in [0.1, 0.15) is 17.0 Å². The van der Waals surface area contributed by atoms with E-state index in [9.17, 15) is 14.4 Å². The molecule has 1 fully saturated rings. The van der Waals surface area contributed by atoms with Gasteiger partial charge in [0, 0.05) is 63.5 Å². The highest BCUT2D eigenvalue weighted by molar-refractivity contribution is 5.75. The Labute approximate surface area is 299 Å². The highest BCUT2D eigenvalue weighted by Gasteiger charge is 2.30. The van der Waals surface area contributed by atoms with Gasteiger partial charge in [-0.05, 0) is 85.3 Å². The van der Waals surface area contributed by atoms with Crippen LogP contribution in [0.5, 0.6) is 0 Å². The predicted molar refractivity (Wildman–Crippen MR) is 198 cm³/mol. The minimum atomic E-state index is -0.632. The van der Waals surface area contributed by atoms with Crippen LogP contribution in [-0.4, -0.2) is 81.3 Å². The monoisotopic (exact) mass is 695 g/mol. The highest BCUT2D eigenvalue weighted by atomic mass is 16.6. The Hall–Kier alpha value is -4.09. The molecule has 1 aromatic carbocycles. The zero-order valence-corrected chi connectivity index (χ0v) is 31.7. The number of aromatic nitrogens is 2. The molecule has 12 heteroatoms. The summed E-state index contributed by atoms with van der Waals surface area (Å²) in [6, 6.07) is 10.1. The van der Waals surface area contributed by atoms with Gasteiger partial charge in [0.25, 0.3) is 0 Å². The van der Waals surface area contributed by atoms with E-state index in [-0.39, 0.29) is 24.1 Å². The maximum Gasteiger partial charge on any atom is 0.410 e. The molecule has 0 aliphatic heterocycles. The highest BCUT2D eigenvalue weighted by Crippen LogP contribution is 2.25. The quantitative estimate of drug-likeness (QED) is 0.153. The molecule has 1 heterocycles. The van der Waals surface area contributed by atoms with Crippen LogP contribution in [-0.2, 0) is 27.4 Å². The maximum absolute atomic E-state index is 13.3. The summed E-state index contributed by atoms with van der Waals surface area (Å²) in [4.78, 5) is 50.9. The number of benzene rings is 1. The van der Waals surface area contributed by atoms with Crippen LogP contribution in [0.2, 0.25) is 0 Å². The molecular weight excluding hydrogens is 634 g/mol. The lowest BCUT2D eigenvalue weighted by atomic mass is 9.94. The number of ether oxygens (including phenoxy) is 2. The third-order valence-corrected chi connectivity index (χ3v) is 8.05. The first-order valence-corrected chi connectivity index (χ1v) is 18.3. The van der Waals surface area contributed by atoms with Crippen molar-refractivity contribution in [2.45, 2.75) is 137 Å². The van der Waals surface area contributed by atoms with Crippen LogP contribution in [0.15, 0.2) is 30.3 Å². The number of carbonyl (C=O) groups is 3. The zero-order valence-electron chi connectivity index (χ0n) is 31.7. The Morgan fingerprint density at radius 3 is 2.12 bits per heavy atom. The van der Waals surface area contributed by atoms with Crippen LogP contribution in [0.3, 0.4) is 0 Å². The van der Waals surface area contributed by atoms with Crippen molar-refractivity contribution < 1.29 is 23.9 Å². The Bertz CT molecular complexity index is 1370. The number of carbonyl (C=O) groups excluding carboxylic acids is 3. The molecule has 278 valence electrons. The third kappa shape index (κ3) is 15.2. The SMILES string of the molecule is CCCC(=O)NCCNc1cc(C)nc(NCc2ccc(CN(CCCN(C(=O)OC(C)(C)C)C3CCCCC3)C(=O)OC(C)(C)C)cc2)n1. The van der Waals surface area contributed by atoms with Gasteiger partial charge in [-0.1, -0.05) is 50.5 Å². The number of nitrogens with zero attached hydrogens (tertiary/aromatic N) is 4. The van der Waals surface area contributed by atoms with Gasteiger partial charge in [-0.15, -0.1) is 0 Å². The third-order valence-electron chi connectivity index (χ3n) is 8.05. The van der Waals surface area contributed by atoms with E-state index in [2.05, 4.69) is 25.9 Å². The standard InChI is InChI=1S/C38H61N7O5/c1-9-14-33(46)40-22-21-39-32-25-28(2)42-34(43-32)41-26-29-17-19-30(20-18-29)27-44(35(47)49-37(3,4)5)23-13-24-45(31-15-11-10-12-16-31)36(48)50-38(6,7)8/h17-20,25,31H,9-16,21-24,26-27H2,1-8H3,(H,40,46)(H2,39,41,42,43). The molecule has 1 aliphatic carbocycles. The number of aryl methyl sites for hydroxylation is 1. The summed E-state index contributed by atoms with van der Waals surface area (Å²) < 4.78 is 11.6. The fraction of sp³-hybridized carbons (Fsp3) is 0.658. The van der Waals surface area contributed by atoms with Gasteiger partial charge in [-0.2, -0.15) is 4.98 Å². The lowest BCUT2D eigenvalue weighted by molar-refractivity contribution is -0.121. The van der Waals surface area contributed by atoms with Crippen LogP contribution >= 0.6 is 0 Å². The molecule has 50 heavy (non-hydrogen) atoms. The van der Waals surface area contributed by atoms with Crippen molar-refractivity contribution in [1.82, 2.24) is 25.1 Å². The molecule has 0 spiro atoms. The number of hydrogen-bond donors (Lipinski definition) is 3. The summed E-state index contributed by atoms with van der Waals surface area (Å²) >= 11 is 0. The van der Waals surface area contributed by atoms with Crippen LogP contribution in [0.25, 0.3) is 0 Å². The number of anilines is 2. The van der Waals surface area contributed by atoms with Crippen molar-refractivity contribution in [2.75, 3.05) is 36.8 Å². The van der Waals surface area contributed by atoms with Crippen LogP contribution < -0.4 is 16.0 Å². The number of amides is 3. The summed E-state index contributed by atoms with van der Waals surface area (Å²) in [5.41, 5.74) is 1.63. The fourth-order valence-corrected chi connectivity index (χ4v) is 5.74. The molecule has 0 unspecified atom stereocenters. The summed E-state index contributed by atoms with van der Waals surface area (Å²) in [7, 11) is 0.